The largest absolute Gasteiger partial charge is 0.481 e. The highest BCUT2D eigenvalue weighted by atomic mass is 35.5. The predicted molar refractivity (Wildman–Crippen MR) is 109 cm³/mol. The summed E-state index contributed by atoms with van der Waals surface area (Å²) in [5, 5.41) is 9.37. The maximum absolute atomic E-state index is 13.2. The molecule has 0 radical (unpaired) electrons. The van der Waals surface area contributed by atoms with Crippen LogP contribution < -0.4 is 0 Å². The van der Waals surface area contributed by atoms with Crippen LogP contribution in [0.3, 0.4) is 0 Å². The van der Waals surface area contributed by atoms with Crippen LogP contribution in [0.1, 0.15) is 37.1 Å². The number of hydrogen-bond donors (Lipinski definition) is 1. The third-order valence-corrected chi connectivity index (χ3v) is 7.26. The van der Waals surface area contributed by atoms with Gasteiger partial charge in [0.05, 0.1) is 31.8 Å². The van der Waals surface area contributed by atoms with Crippen molar-refractivity contribution in [2.45, 2.75) is 26.0 Å². The van der Waals surface area contributed by atoms with Crippen molar-refractivity contribution in [3.05, 3.63) is 56.5 Å². The molecule has 3 heterocycles. The Morgan fingerprint density at radius 2 is 1.93 bits per heavy atom. The maximum Gasteiger partial charge on any atom is 0.309 e. The number of halogens is 3. The van der Waals surface area contributed by atoms with Crippen LogP contribution in [0, 0.1) is 5.41 Å². The Balaban J connectivity index is 2.45. The summed E-state index contributed by atoms with van der Waals surface area (Å²) in [5.74, 6) is -1.39. The molecule has 0 saturated heterocycles. The number of pyridine rings is 2. The standard InChI is InChI=1S/C18H15Cl3N2O4S/c1-18(2,17(24)25)6-10-14-9(4-3-5-22-14)8-28(26,27)15(10)12-11(19)7-23-16(21)13(12)20/h3-5,7H,6,8H2,1-2H3,(H,24,25). The Hall–Kier alpha value is -1.67. The number of carboxylic acids is 1. The van der Waals surface area contributed by atoms with E-state index < -0.39 is 21.2 Å². The van der Waals surface area contributed by atoms with Gasteiger partial charge in [0.2, 0.25) is 0 Å². The normalized spacial score (nSPS) is 16.0. The summed E-state index contributed by atoms with van der Waals surface area (Å²) in [7, 11) is -3.91. The summed E-state index contributed by atoms with van der Waals surface area (Å²) in [6, 6.07) is 3.27. The quantitative estimate of drug-likeness (QED) is 0.661. The van der Waals surface area contributed by atoms with Gasteiger partial charge in [-0.3, -0.25) is 9.78 Å². The van der Waals surface area contributed by atoms with E-state index in [1.807, 2.05) is 0 Å². The fourth-order valence-corrected chi connectivity index (χ4v) is 5.68. The zero-order chi connectivity index (χ0) is 20.9. The molecule has 0 amide bonds. The van der Waals surface area contributed by atoms with Crippen LogP contribution in [0.2, 0.25) is 15.2 Å². The molecule has 148 valence electrons. The van der Waals surface area contributed by atoms with Crippen LogP contribution in [0.25, 0.3) is 10.5 Å². The smallest absolute Gasteiger partial charge is 0.309 e. The van der Waals surface area contributed by atoms with E-state index in [0.717, 1.165) is 0 Å². The van der Waals surface area contributed by atoms with E-state index >= 15 is 0 Å². The van der Waals surface area contributed by atoms with Crippen molar-refractivity contribution in [2.24, 2.45) is 5.41 Å². The molecule has 0 unspecified atom stereocenters. The average molecular weight is 462 g/mol. The first-order chi connectivity index (χ1) is 13.0. The van der Waals surface area contributed by atoms with E-state index in [2.05, 4.69) is 9.97 Å². The molecule has 0 atom stereocenters. The highest BCUT2D eigenvalue weighted by molar-refractivity contribution is 8.00. The highest BCUT2D eigenvalue weighted by Crippen LogP contribution is 2.47. The Kier molecular flexibility index (Phi) is 5.49. The predicted octanol–water partition coefficient (Wildman–Crippen LogP) is 4.73. The molecule has 28 heavy (non-hydrogen) atoms. The Morgan fingerprint density at radius 1 is 1.25 bits per heavy atom. The minimum Gasteiger partial charge on any atom is -0.481 e. The summed E-state index contributed by atoms with van der Waals surface area (Å²) in [6.45, 7) is 3.01. The number of carbonyl (C=O) groups is 1. The first-order valence-electron chi connectivity index (χ1n) is 8.09. The number of hydrogen-bond acceptors (Lipinski definition) is 5. The molecule has 1 aliphatic rings. The van der Waals surface area contributed by atoms with Crippen molar-refractivity contribution >= 4 is 61.1 Å². The van der Waals surface area contributed by atoms with Crippen LogP contribution in [-0.4, -0.2) is 29.5 Å². The molecule has 0 bridgehead atoms. The van der Waals surface area contributed by atoms with Crippen LogP contribution in [0.4, 0.5) is 0 Å². The molecule has 1 aliphatic heterocycles. The van der Waals surface area contributed by atoms with Crippen LogP contribution in [-0.2, 0) is 20.4 Å². The van der Waals surface area contributed by atoms with Gasteiger partial charge in [-0.15, -0.1) is 0 Å². The fourth-order valence-electron chi connectivity index (χ4n) is 3.04. The third-order valence-electron chi connectivity index (χ3n) is 4.46. The highest BCUT2D eigenvalue weighted by Gasteiger charge is 2.39. The van der Waals surface area contributed by atoms with Gasteiger partial charge >= 0.3 is 5.97 Å². The van der Waals surface area contributed by atoms with Crippen molar-refractivity contribution in [2.75, 3.05) is 0 Å². The number of rotatable bonds is 4. The molecule has 0 aliphatic carbocycles. The van der Waals surface area contributed by atoms with E-state index in [0.29, 0.717) is 11.3 Å². The summed E-state index contributed by atoms with van der Waals surface area (Å²) < 4.78 is 26.4. The lowest BCUT2D eigenvalue weighted by Gasteiger charge is -2.28. The minimum atomic E-state index is -3.91. The first kappa shape index (κ1) is 21.0. The summed E-state index contributed by atoms with van der Waals surface area (Å²) in [4.78, 5) is 19.7. The van der Waals surface area contributed by atoms with Gasteiger partial charge in [-0.2, -0.15) is 0 Å². The Morgan fingerprint density at radius 3 is 2.57 bits per heavy atom. The molecule has 0 spiro atoms. The van der Waals surface area contributed by atoms with E-state index in [1.54, 1.807) is 12.1 Å². The number of nitrogens with zero attached hydrogens (tertiary/aromatic N) is 2. The monoisotopic (exact) mass is 460 g/mol. The van der Waals surface area contributed by atoms with Crippen LogP contribution in [0.15, 0.2) is 24.5 Å². The zero-order valence-electron chi connectivity index (χ0n) is 14.8. The molecule has 0 fully saturated rings. The van der Waals surface area contributed by atoms with Crippen molar-refractivity contribution in [1.82, 2.24) is 9.97 Å². The lowest BCUT2D eigenvalue weighted by molar-refractivity contribution is -0.146. The van der Waals surface area contributed by atoms with Gasteiger partial charge < -0.3 is 5.11 Å². The first-order valence-corrected chi connectivity index (χ1v) is 10.9. The molecule has 0 saturated carbocycles. The van der Waals surface area contributed by atoms with Gasteiger partial charge in [0.25, 0.3) is 0 Å². The lowest BCUT2D eigenvalue weighted by Crippen LogP contribution is -2.26. The Bertz CT molecular complexity index is 1130. The zero-order valence-corrected chi connectivity index (χ0v) is 17.9. The van der Waals surface area contributed by atoms with Crippen LogP contribution >= 0.6 is 34.8 Å². The van der Waals surface area contributed by atoms with Crippen LogP contribution in [0.5, 0.6) is 0 Å². The third kappa shape index (κ3) is 3.64. The van der Waals surface area contributed by atoms with E-state index in [9.17, 15) is 18.3 Å². The van der Waals surface area contributed by atoms with Crippen molar-refractivity contribution < 1.29 is 18.3 Å². The second-order valence-corrected chi connectivity index (χ2v) is 10.1. The van der Waals surface area contributed by atoms with Gasteiger partial charge in [-0.1, -0.05) is 40.9 Å². The summed E-state index contributed by atoms with van der Waals surface area (Å²) >= 11 is 18.5. The number of aliphatic carboxylic acids is 1. The molecular formula is C18H15Cl3N2O4S. The lowest BCUT2D eigenvalue weighted by atomic mass is 9.83. The number of aromatic nitrogens is 2. The van der Waals surface area contributed by atoms with Gasteiger partial charge in [0.1, 0.15) is 5.15 Å². The Labute approximate surface area is 177 Å². The topological polar surface area (TPSA) is 97.2 Å². The van der Waals surface area contributed by atoms with Crippen molar-refractivity contribution in [1.29, 1.82) is 0 Å². The fraction of sp³-hybridized carbons (Fsp3) is 0.278. The number of fused-ring (bicyclic) bond motifs is 1. The van der Waals surface area contributed by atoms with Gasteiger partial charge in [-0.05, 0) is 37.5 Å². The maximum atomic E-state index is 13.2. The molecule has 2 aromatic rings. The molecule has 3 rings (SSSR count). The van der Waals surface area contributed by atoms with Gasteiger partial charge in [-0.25, -0.2) is 13.4 Å². The molecule has 1 N–H and O–H groups in total. The second kappa shape index (κ2) is 7.30. The van der Waals surface area contributed by atoms with Gasteiger partial charge in [0.15, 0.2) is 9.84 Å². The SMILES string of the molecule is CC(C)(CC1=C(c2c(Cl)cnc(Cl)c2Cl)S(=O)(=O)Cc2cccnc21)C(=O)O. The summed E-state index contributed by atoms with van der Waals surface area (Å²) in [6.07, 6.45) is 2.62. The summed E-state index contributed by atoms with van der Waals surface area (Å²) in [5.41, 5.74) is -0.134. The second-order valence-electron chi connectivity index (χ2n) is 7.03. The molecule has 2 aromatic heterocycles. The van der Waals surface area contributed by atoms with Crippen molar-refractivity contribution in [3.63, 3.8) is 0 Å². The van der Waals surface area contributed by atoms with E-state index in [-0.39, 0.29) is 43.4 Å². The number of sulfone groups is 1. The van der Waals surface area contributed by atoms with E-state index in [4.69, 9.17) is 34.8 Å². The van der Waals surface area contributed by atoms with Gasteiger partial charge in [0, 0.05) is 18.0 Å². The molecule has 10 heteroatoms. The van der Waals surface area contributed by atoms with E-state index in [1.165, 1.54) is 26.2 Å². The average Bonchev–Trinajstić information content (AvgIpc) is 2.59. The molecule has 0 aromatic carbocycles. The molecular weight excluding hydrogens is 447 g/mol. The molecule has 6 nitrogen and oxygen atoms in total. The number of allylic oxidation sites excluding steroid dienone is 1. The minimum absolute atomic E-state index is 0.00186. The number of carboxylic acid groups (broad SMARTS) is 1. The van der Waals surface area contributed by atoms with Crippen molar-refractivity contribution in [3.8, 4) is 0 Å².